The second-order valence-corrected chi connectivity index (χ2v) is 3.40. The molecule has 0 saturated carbocycles. The molecule has 2 N–H and O–H groups in total. The standard InChI is InChI=1S/C9H11BN4O3/c1-14-12-9(11-13-14)6-17-8-5-3-2-4-7(8)10(15)16/h2-5,15-16H,6H2,1H3. The Bertz CT molecular complexity index is 502. The van der Waals surface area contributed by atoms with Crippen molar-refractivity contribution in [3.63, 3.8) is 0 Å². The molecule has 1 aromatic carbocycles. The fourth-order valence-corrected chi connectivity index (χ4v) is 1.35. The van der Waals surface area contributed by atoms with Crippen LogP contribution in [0.3, 0.4) is 0 Å². The highest BCUT2D eigenvalue weighted by molar-refractivity contribution is 6.59. The van der Waals surface area contributed by atoms with Crippen LogP contribution in [0.1, 0.15) is 5.82 Å². The highest BCUT2D eigenvalue weighted by Gasteiger charge is 2.16. The minimum Gasteiger partial charge on any atom is -0.486 e. The molecule has 0 aliphatic carbocycles. The van der Waals surface area contributed by atoms with E-state index in [1.807, 2.05) is 0 Å². The first-order valence-corrected chi connectivity index (χ1v) is 4.97. The lowest BCUT2D eigenvalue weighted by Crippen LogP contribution is -2.31. The highest BCUT2D eigenvalue weighted by atomic mass is 16.5. The fraction of sp³-hybridized carbons (Fsp3) is 0.222. The summed E-state index contributed by atoms with van der Waals surface area (Å²) in [4.78, 5) is 1.32. The summed E-state index contributed by atoms with van der Waals surface area (Å²) in [5.74, 6) is 0.810. The Balaban J connectivity index is 2.08. The first-order chi connectivity index (χ1) is 8.16. The molecule has 0 spiro atoms. The maximum absolute atomic E-state index is 9.13. The van der Waals surface area contributed by atoms with Crippen molar-refractivity contribution in [1.82, 2.24) is 20.2 Å². The van der Waals surface area contributed by atoms with Crippen LogP contribution in [0, 0.1) is 0 Å². The lowest BCUT2D eigenvalue weighted by molar-refractivity contribution is 0.296. The molecule has 0 aliphatic heterocycles. The molecule has 0 atom stereocenters. The molecule has 1 aromatic heterocycles. The molecule has 2 aromatic rings. The van der Waals surface area contributed by atoms with E-state index in [0.29, 0.717) is 17.0 Å². The highest BCUT2D eigenvalue weighted by Crippen LogP contribution is 2.08. The molecule has 0 saturated heterocycles. The number of tetrazole rings is 1. The molecule has 88 valence electrons. The number of nitrogens with zero attached hydrogens (tertiary/aromatic N) is 4. The van der Waals surface area contributed by atoms with Crippen LogP contribution in [0.4, 0.5) is 0 Å². The van der Waals surface area contributed by atoms with Crippen LogP contribution in [0.2, 0.25) is 0 Å². The smallest absolute Gasteiger partial charge is 0.486 e. The predicted octanol–water partition coefficient (Wildman–Crippen LogP) is -1.53. The molecule has 17 heavy (non-hydrogen) atoms. The zero-order valence-corrected chi connectivity index (χ0v) is 9.19. The second-order valence-electron chi connectivity index (χ2n) is 3.40. The third kappa shape index (κ3) is 2.80. The van der Waals surface area contributed by atoms with Crippen LogP contribution in [0.5, 0.6) is 5.75 Å². The first kappa shape index (κ1) is 11.6. The Hall–Kier alpha value is -1.93. The van der Waals surface area contributed by atoms with Crippen molar-refractivity contribution >= 4 is 12.6 Å². The molecule has 0 radical (unpaired) electrons. The summed E-state index contributed by atoms with van der Waals surface area (Å²) in [6.45, 7) is 0.123. The summed E-state index contributed by atoms with van der Waals surface area (Å²) in [7, 11) is 0.0862. The van der Waals surface area contributed by atoms with E-state index in [4.69, 9.17) is 14.8 Å². The molecule has 0 fully saturated rings. The average molecular weight is 234 g/mol. The van der Waals surface area contributed by atoms with Gasteiger partial charge >= 0.3 is 7.12 Å². The number of hydrogen-bond donors (Lipinski definition) is 2. The Labute approximate surface area is 97.8 Å². The number of rotatable bonds is 4. The fourth-order valence-electron chi connectivity index (χ4n) is 1.35. The summed E-state index contributed by atoms with van der Waals surface area (Å²) in [6.07, 6.45) is 0. The van der Waals surface area contributed by atoms with Crippen LogP contribution < -0.4 is 10.2 Å². The van der Waals surface area contributed by atoms with E-state index >= 15 is 0 Å². The van der Waals surface area contributed by atoms with E-state index in [2.05, 4.69) is 15.4 Å². The van der Waals surface area contributed by atoms with Crippen molar-refractivity contribution < 1.29 is 14.8 Å². The zero-order valence-electron chi connectivity index (χ0n) is 9.19. The van der Waals surface area contributed by atoms with E-state index in [0.717, 1.165) is 0 Å². The Morgan fingerprint density at radius 1 is 1.35 bits per heavy atom. The van der Waals surface area contributed by atoms with Gasteiger partial charge in [-0.1, -0.05) is 18.2 Å². The number of aromatic nitrogens is 4. The van der Waals surface area contributed by atoms with Crippen molar-refractivity contribution in [2.45, 2.75) is 6.61 Å². The molecule has 0 bridgehead atoms. The second kappa shape index (κ2) is 4.94. The quantitative estimate of drug-likeness (QED) is 0.623. The zero-order chi connectivity index (χ0) is 12.3. The molecule has 7 nitrogen and oxygen atoms in total. The lowest BCUT2D eigenvalue weighted by atomic mass is 9.79. The van der Waals surface area contributed by atoms with Gasteiger partial charge < -0.3 is 14.8 Å². The van der Waals surface area contributed by atoms with Gasteiger partial charge in [0.15, 0.2) is 6.61 Å². The van der Waals surface area contributed by atoms with Crippen LogP contribution in [-0.4, -0.2) is 37.4 Å². The predicted molar refractivity (Wildman–Crippen MR) is 59.4 cm³/mol. The van der Waals surface area contributed by atoms with E-state index in [1.54, 1.807) is 31.3 Å². The van der Waals surface area contributed by atoms with Crippen molar-refractivity contribution in [3.05, 3.63) is 30.1 Å². The summed E-state index contributed by atoms with van der Waals surface area (Å²) in [5, 5.41) is 29.6. The van der Waals surface area contributed by atoms with Crippen LogP contribution >= 0.6 is 0 Å². The average Bonchev–Trinajstić information content (AvgIpc) is 2.73. The van der Waals surface area contributed by atoms with Crippen molar-refractivity contribution in [2.24, 2.45) is 7.05 Å². The molecule has 0 aliphatic rings. The summed E-state index contributed by atoms with van der Waals surface area (Å²) in [6, 6.07) is 6.66. The van der Waals surface area contributed by atoms with E-state index < -0.39 is 7.12 Å². The van der Waals surface area contributed by atoms with Gasteiger partial charge in [-0.05, 0) is 11.3 Å². The van der Waals surface area contributed by atoms with Crippen LogP contribution in [-0.2, 0) is 13.7 Å². The topological polar surface area (TPSA) is 93.3 Å². The summed E-state index contributed by atoms with van der Waals surface area (Å²) in [5.41, 5.74) is 0.302. The Morgan fingerprint density at radius 2 is 2.12 bits per heavy atom. The van der Waals surface area contributed by atoms with Crippen molar-refractivity contribution in [2.75, 3.05) is 0 Å². The third-order valence-electron chi connectivity index (χ3n) is 2.10. The van der Waals surface area contributed by atoms with E-state index in [9.17, 15) is 0 Å². The van der Waals surface area contributed by atoms with Gasteiger partial charge in [-0.2, -0.15) is 4.80 Å². The SMILES string of the molecule is Cn1nnc(COc2ccccc2B(O)O)n1. The third-order valence-corrected chi connectivity index (χ3v) is 2.10. The van der Waals surface area contributed by atoms with Gasteiger partial charge in [-0.15, -0.1) is 10.2 Å². The minimum atomic E-state index is -1.57. The Kier molecular flexibility index (Phi) is 3.36. The molecule has 0 unspecified atom stereocenters. The van der Waals surface area contributed by atoms with Gasteiger partial charge in [0.2, 0.25) is 5.82 Å². The van der Waals surface area contributed by atoms with E-state index in [1.165, 1.54) is 4.80 Å². The maximum Gasteiger partial charge on any atom is 0.492 e. The van der Waals surface area contributed by atoms with Gasteiger partial charge in [0.25, 0.3) is 0 Å². The van der Waals surface area contributed by atoms with Crippen LogP contribution in [0.25, 0.3) is 0 Å². The Morgan fingerprint density at radius 3 is 2.76 bits per heavy atom. The van der Waals surface area contributed by atoms with Gasteiger partial charge in [0.1, 0.15) is 5.75 Å². The number of ether oxygens (including phenoxy) is 1. The number of benzene rings is 1. The molecule has 2 rings (SSSR count). The molecule has 8 heteroatoms. The lowest BCUT2D eigenvalue weighted by Gasteiger charge is -2.08. The van der Waals surface area contributed by atoms with Crippen molar-refractivity contribution in [3.8, 4) is 5.75 Å². The number of aryl methyl sites for hydroxylation is 1. The minimum absolute atomic E-state index is 0.123. The monoisotopic (exact) mass is 234 g/mol. The molecule has 0 amide bonds. The van der Waals surface area contributed by atoms with Gasteiger partial charge in [0.05, 0.1) is 7.05 Å². The molecular formula is C9H11BN4O3. The first-order valence-electron chi connectivity index (χ1n) is 4.97. The maximum atomic E-state index is 9.13. The van der Waals surface area contributed by atoms with Gasteiger partial charge in [-0.25, -0.2) is 0 Å². The van der Waals surface area contributed by atoms with Crippen molar-refractivity contribution in [1.29, 1.82) is 0 Å². The normalized spacial score (nSPS) is 10.3. The number of para-hydroxylation sites is 1. The van der Waals surface area contributed by atoms with Gasteiger partial charge in [-0.3, -0.25) is 0 Å². The van der Waals surface area contributed by atoms with Gasteiger partial charge in [0, 0.05) is 5.46 Å². The molecular weight excluding hydrogens is 223 g/mol. The summed E-state index contributed by atoms with van der Waals surface area (Å²) >= 11 is 0. The largest absolute Gasteiger partial charge is 0.492 e. The number of hydrogen-bond acceptors (Lipinski definition) is 6. The molecule has 1 heterocycles. The van der Waals surface area contributed by atoms with Crippen LogP contribution in [0.15, 0.2) is 24.3 Å². The van der Waals surface area contributed by atoms with E-state index in [-0.39, 0.29) is 6.61 Å². The summed E-state index contributed by atoms with van der Waals surface area (Å²) < 4.78 is 5.40.